The number of carbonyl (C=O) groups excluding carboxylic acids is 1. The van der Waals surface area contributed by atoms with Crippen LogP contribution in [0.25, 0.3) is 6.08 Å². The van der Waals surface area contributed by atoms with Crippen molar-refractivity contribution in [1.82, 2.24) is 0 Å². The van der Waals surface area contributed by atoms with E-state index in [0.717, 1.165) is 40.1 Å². The number of thiocarbonyl (C=S) groups is 1. The molecule has 9 heteroatoms. The van der Waals surface area contributed by atoms with E-state index in [-0.39, 0.29) is 14.9 Å². The average Bonchev–Trinajstić information content (AvgIpc) is 3.30. The van der Waals surface area contributed by atoms with E-state index in [4.69, 9.17) is 16.6 Å². The normalized spacial score (nSPS) is 15.8. The molecule has 0 saturated carbocycles. The van der Waals surface area contributed by atoms with Gasteiger partial charge in [-0.05, 0) is 35.9 Å². The van der Waals surface area contributed by atoms with Gasteiger partial charge in [0, 0.05) is 11.8 Å². The summed E-state index contributed by atoms with van der Waals surface area (Å²) in [4.78, 5) is 14.2. The van der Waals surface area contributed by atoms with Gasteiger partial charge in [-0.3, -0.25) is 9.69 Å². The van der Waals surface area contributed by atoms with Crippen LogP contribution in [0.5, 0.6) is 0 Å². The number of thioether (sulfide) groups is 2. The number of hydrogen-bond acceptors (Lipinski definition) is 5. The molecule has 0 radical (unpaired) electrons. The van der Waals surface area contributed by atoms with Crippen molar-refractivity contribution < 1.29 is 22.4 Å². The van der Waals surface area contributed by atoms with Crippen molar-refractivity contribution in [2.24, 2.45) is 0 Å². The standard InChI is InChI=1S/C22H14F3NO2S3/c23-22(24,25)15-7-4-8-16(11-15)26-20(27)18(31-21(26)29)12-17-9-10-19(28-17)30-13-14-5-2-1-3-6-14/h1-12H,13H2. The van der Waals surface area contributed by atoms with Crippen LogP contribution in [-0.4, -0.2) is 10.2 Å². The highest BCUT2D eigenvalue weighted by molar-refractivity contribution is 8.27. The Labute approximate surface area is 190 Å². The lowest BCUT2D eigenvalue weighted by atomic mass is 10.2. The number of anilines is 1. The number of alkyl halides is 3. The summed E-state index contributed by atoms with van der Waals surface area (Å²) in [6.45, 7) is 0. The third kappa shape index (κ3) is 5.06. The number of carbonyl (C=O) groups is 1. The number of furan rings is 1. The number of nitrogens with zero attached hydrogens (tertiary/aromatic N) is 1. The van der Waals surface area contributed by atoms with Crippen molar-refractivity contribution in [2.75, 3.05) is 4.90 Å². The number of amides is 1. The van der Waals surface area contributed by atoms with Gasteiger partial charge in [0.05, 0.1) is 16.2 Å². The quantitative estimate of drug-likeness (QED) is 0.225. The highest BCUT2D eigenvalue weighted by Gasteiger charge is 2.36. The Bertz CT molecular complexity index is 1160. The summed E-state index contributed by atoms with van der Waals surface area (Å²) in [5.74, 6) is 0.732. The second-order valence-electron chi connectivity index (χ2n) is 6.50. The molecule has 158 valence electrons. The van der Waals surface area contributed by atoms with Gasteiger partial charge >= 0.3 is 6.18 Å². The molecule has 1 aliphatic heterocycles. The van der Waals surface area contributed by atoms with Gasteiger partial charge in [-0.15, -0.1) is 0 Å². The summed E-state index contributed by atoms with van der Waals surface area (Å²) < 4.78 is 45.0. The van der Waals surface area contributed by atoms with Crippen LogP contribution in [0.4, 0.5) is 18.9 Å². The van der Waals surface area contributed by atoms with Crippen molar-refractivity contribution in [2.45, 2.75) is 17.0 Å². The van der Waals surface area contributed by atoms with Gasteiger partial charge < -0.3 is 4.42 Å². The molecule has 0 aliphatic carbocycles. The van der Waals surface area contributed by atoms with Gasteiger partial charge in [-0.2, -0.15) is 13.2 Å². The molecule has 3 aromatic rings. The van der Waals surface area contributed by atoms with Gasteiger partial charge in [-0.25, -0.2) is 0 Å². The van der Waals surface area contributed by atoms with Crippen LogP contribution in [0.15, 0.2) is 81.1 Å². The van der Waals surface area contributed by atoms with Crippen molar-refractivity contribution in [1.29, 1.82) is 0 Å². The molecule has 1 aliphatic rings. The van der Waals surface area contributed by atoms with Crippen LogP contribution in [0, 0.1) is 0 Å². The largest absolute Gasteiger partial charge is 0.450 e. The van der Waals surface area contributed by atoms with Gasteiger partial charge in [0.25, 0.3) is 5.91 Å². The van der Waals surface area contributed by atoms with Crippen LogP contribution in [-0.2, 0) is 16.7 Å². The molecule has 0 bridgehead atoms. The average molecular weight is 478 g/mol. The van der Waals surface area contributed by atoms with E-state index in [1.165, 1.54) is 23.9 Å². The van der Waals surface area contributed by atoms with Crippen LogP contribution >= 0.6 is 35.7 Å². The zero-order valence-electron chi connectivity index (χ0n) is 15.8. The lowest BCUT2D eigenvalue weighted by molar-refractivity contribution is -0.137. The molecule has 0 N–H and O–H groups in total. The minimum absolute atomic E-state index is 0.0827. The third-order valence-electron chi connectivity index (χ3n) is 4.32. The first kappa shape index (κ1) is 21.7. The molecule has 0 unspecified atom stereocenters. The molecule has 4 rings (SSSR count). The summed E-state index contributed by atoms with van der Waals surface area (Å²) in [7, 11) is 0. The SMILES string of the molecule is O=C1C(=Cc2ccc(SCc3ccccc3)o2)SC(=S)N1c1cccc(C(F)(F)F)c1. The van der Waals surface area contributed by atoms with Crippen LogP contribution in [0.1, 0.15) is 16.9 Å². The molecule has 31 heavy (non-hydrogen) atoms. The summed E-state index contributed by atoms with van der Waals surface area (Å²) in [6.07, 6.45) is -2.95. The summed E-state index contributed by atoms with van der Waals surface area (Å²) in [6, 6.07) is 18.0. The predicted molar refractivity (Wildman–Crippen MR) is 122 cm³/mol. The molecule has 0 spiro atoms. The molecule has 1 aromatic heterocycles. The number of hydrogen-bond donors (Lipinski definition) is 0. The molecule has 1 fully saturated rings. The summed E-state index contributed by atoms with van der Waals surface area (Å²) in [5.41, 5.74) is 0.404. The Morgan fingerprint density at radius 1 is 1.06 bits per heavy atom. The predicted octanol–water partition coefficient (Wildman–Crippen LogP) is 7.00. The van der Waals surface area contributed by atoms with E-state index >= 15 is 0 Å². The second kappa shape index (κ2) is 8.94. The molecular formula is C22H14F3NO2S3. The van der Waals surface area contributed by atoms with Gasteiger partial charge in [0.2, 0.25) is 0 Å². The molecule has 1 saturated heterocycles. The molecule has 3 nitrogen and oxygen atoms in total. The van der Waals surface area contributed by atoms with E-state index < -0.39 is 17.6 Å². The molecule has 0 atom stereocenters. The Hall–Kier alpha value is -2.49. The minimum atomic E-state index is -4.51. The Kier molecular flexibility index (Phi) is 6.27. The third-order valence-corrected chi connectivity index (χ3v) is 6.61. The van der Waals surface area contributed by atoms with Gasteiger partial charge in [-0.1, -0.05) is 72.1 Å². The molecule has 1 amide bonds. The highest BCUT2D eigenvalue weighted by Crippen LogP contribution is 2.39. The van der Waals surface area contributed by atoms with Crippen LogP contribution in [0.3, 0.4) is 0 Å². The van der Waals surface area contributed by atoms with Crippen LogP contribution < -0.4 is 4.90 Å². The minimum Gasteiger partial charge on any atom is -0.450 e. The Balaban J connectivity index is 1.50. The Morgan fingerprint density at radius 3 is 2.58 bits per heavy atom. The van der Waals surface area contributed by atoms with E-state index in [0.29, 0.717) is 10.9 Å². The fourth-order valence-corrected chi connectivity index (χ4v) is 4.96. The lowest BCUT2D eigenvalue weighted by Crippen LogP contribution is -2.27. The molecular weight excluding hydrogens is 463 g/mol. The maximum atomic E-state index is 13.0. The fraction of sp³-hybridized carbons (Fsp3) is 0.0909. The molecule has 2 heterocycles. The maximum absolute atomic E-state index is 13.0. The monoisotopic (exact) mass is 477 g/mol. The molecule has 2 aromatic carbocycles. The first-order valence-corrected chi connectivity index (χ1v) is 11.2. The van der Waals surface area contributed by atoms with Crippen molar-refractivity contribution in [3.8, 4) is 0 Å². The van der Waals surface area contributed by atoms with Gasteiger partial charge in [0.15, 0.2) is 9.41 Å². The number of rotatable bonds is 5. The number of benzene rings is 2. The van der Waals surface area contributed by atoms with E-state index in [1.807, 2.05) is 36.4 Å². The van der Waals surface area contributed by atoms with E-state index in [2.05, 4.69) is 0 Å². The zero-order chi connectivity index (χ0) is 22.0. The zero-order valence-corrected chi connectivity index (χ0v) is 18.2. The van der Waals surface area contributed by atoms with Crippen LogP contribution in [0.2, 0.25) is 0 Å². The highest BCUT2D eigenvalue weighted by atomic mass is 32.2. The van der Waals surface area contributed by atoms with Crippen molar-refractivity contribution in [3.63, 3.8) is 0 Å². The lowest BCUT2D eigenvalue weighted by Gasteiger charge is -2.16. The van der Waals surface area contributed by atoms with Crippen molar-refractivity contribution in [3.05, 3.63) is 88.5 Å². The number of halogens is 3. The smallest absolute Gasteiger partial charge is 0.416 e. The van der Waals surface area contributed by atoms with E-state index in [9.17, 15) is 18.0 Å². The summed E-state index contributed by atoms with van der Waals surface area (Å²) >= 11 is 7.79. The first-order valence-electron chi connectivity index (χ1n) is 9.03. The maximum Gasteiger partial charge on any atom is 0.416 e. The summed E-state index contributed by atoms with van der Waals surface area (Å²) in [5, 5.41) is 0.698. The topological polar surface area (TPSA) is 33.5 Å². The second-order valence-corrected chi connectivity index (χ2v) is 9.15. The first-order chi connectivity index (χ1) is 14.8. The Morgan fingerprint density at radius 2 is 1.84 bits per heavy atom. The van der Waals surface area contributed by atoms with E-state index in [1.54, 1.807) is 12.1 Å². The van der Waals surface area contributed by atoms with Crippen molar-refractivity contribution >= 4 is 57.7 Å². The van der Waals surface area contributed by atoms with Gasteiger partial charge in [0.1, 0.15) is 5.76 Å². The fourth-order valence-electron chi connectivity index (χ4n) is 2.86.